The van der Waals surface area contributed by atoms with Gasteiger partial charge in [0.05, 0.1) is 6.61 Å². The van der Waals surface area contributed by atoms with E-state index in [9.17, 15) is 12.9 Å². The highest BCUT2D eigenvalue weighted by Crippen LogP contribution is 2.19. The minimum Gasteiger partial charge on any atom is -0.493 e. The third kappa shape index (κ3) is 4.63. The van der Waals surface area contributed by atoms with Crippen LogP contribution >= 0.6 is 0 Å². The Hall–Kier alpha value is -1.13. The van der Waals surface area contributed by atoms with Crippen LogP contribution in [0.25, 0.3) is 0 Å². The first-order valence-electron chi connectivity index (χ1n) is 6.24. The predicted octanol–water partition coefficient (Wildman–Crippen LogP) is 3.86. The maximum atomic E-state index is 12.5. The minimum atomic E-state index is -4.92. The van der Waals surface area contributed by atoms with Gasteiger partial charge < -0.3 is 17.7 Å². The minimum absolute atomic E-state index is 0.538. The molecule has 0 saturated heterocycles. The van der Waals surface area contributed by atoms with Crippen molar-refractivity contribution in [3.05, 3.63) is 23.8 Å². The number of hydrogen-bond donors (Lipinski definition) is 0. The van der Waals surface area contributed by atoms with Crippen molar-refractivity contribution >= 4 is 12.4 Å². The summed E-state index contributed by atoms with van der Waals surface area (Å²) in [7, 11) is 0. The van der Waals surface area contributed by atoms with Crippen molar-refractivity contribution in [2.75, 3.05) is 6.61 Å². The van der Waals surface area contributed by atoms with E-state index < -0.39 is 12.4 Å². The first-order valence-corrected chi connectivity index (χ1v) is 6.24. The van der Waals surface area contributed by atoms with Gasteiger partial charge in [0, 0.05) is 0 Å². The van der Waals surface area contributed by atoms with Gasteiger partial charge in [0.2, 0.25) is 0 Å². The average Bonchev–Trinajstić information content (AvgIpc) is 2.24. The van der Waals surface area contributed by atoms with Gasteiger partial charge in [-0.3, -0.25) is 0 Å². The fourth-order valence-electron chi connectivity index (χ4n) is 1.71. The molecule has 0 amide bonds. The van der Waals surface area contributed by atoms with Crippen molar-refractivity contribution in [2.24, 2.45) is 5.92 Å². The molecule has 0 radical (unpaired) electrons. The van der Waals surface area contributed by atoms with Gasteiger partial charge in [0.15, 0.2) is 0 Å². The number of ether oxygens (including phenoxy) is 1. The van der Waals surface area contributed by atoms with E-state index in [1.807, 2.05) is 0 Å². The van der Waals surface area contributed by atoms with E-state index in [-0.39, 0.29) is 0 Å². The molecule has 0 heterocycles. The lowest BCUT2D eigenvalue weighted by Gasteiger charge is -2.17. The van der Waals surface area contributed by atoms with Crippen molar-refractivity contribution in [3.63, 3.8) is 0 Å². The summed E-state index contributed by atoms with van der Waals surface area (Å²) in [5, 5.41) is 0. The number of benzene rings is 1. The van der Waals surface area contributed by atoms with Crippen molar-refractivity contribution in [1.29, 1.82) is 0 Å². The summed E-state index contributed by atoms with van der Waals surface area (Å²) in [6.45, 7) is 1.53. The van der Waals surface area contributed by atoms with Crippen molar-refractivity contribution in [2.45, 2.75) is 33.6 Å². The molecule has 18 heavy (non-hydrogen) atoms. The molecule has 0 unspecified atom stereocenters. The quantitative estimate of drug-likeness (QED) is 0.556. The molecule has 0 aliphatic heterocycles. The molecule has 1 nitrogen and oxygen atoms in total. The van der Waals surface area contributed by atoms with Crippen molar-refractivity contribution in [1.82, 2.24) is 0 Å². The van der Waals surface area contributed by atoms with Crippen LogP contribution in [-0.4, -0.2) is 13.6 Å². The second kappa shape index (κ2) is 6.16. The van der Waals surface area contributed by atoms with Crippen LogP contribution in [0.2, 0.25) is 0 Å². The molecule has 0 aliphatic rings. The Balaban J connectivity index is 2.58. The zero-order chi connectivity index (χ0) is 13.8. The molecule has 0 spiro atoms. The Kier molecular flexibility index (Phi) is 5.11. The van der Waals surface area contributed by atoms with Crippen LogP contribution < -0.4 is 10.2 Å². The number of rotatable bonds is 6. The molecule has 1 aromatic carbocycles. The van der Waals surface area contributed by atoms with Crippen molar-refractivity contribution in [3.8, 4) is 5.75 Å². The van der Waals surface area contributed by atoms with E-state index >= 15 is 0 Å². The lowest BCUT2D eigenvalue weighted by molar-refractivity contribution is 0.296. The van der Waals surface area contributed by atoms with Gasteiger partial charge in [-0.25, -0.2) is 0 Å². The fourth-order valence-corrected chi connectivity index (χ4v) is 1.71. The maximum absolute atomic E-state index is 12.5. The summed E-state index contributed by atoms with van der Waals surface area (Å²) in [5.74, 6) is 1.16. The molecule has 0 aliphatic carbocycles. The summed E-state index contributed by atoms with van der Waals surface area (Å²) in [4.78, 5) is 0. The highest BCUT2D eigenvalue weighted by Gasteiger charge is 2.25. The van der Waals surface area contributed by atoms with Crippen LogP contribution in [0, 0.1) is 12.8 Å². The highest BCUT2D eigenvalue weighted by atomic mass is 19.4. The van der Waals surface area contributed by atoms with Gasteiger partial charge in [-0.15, -0.1) is 5.46 Å². The Labute approximate surface area is 106 Å². The standard InChI is InChI=1S/C13H19BF3O/c1-10(2)5-4-8-18-13-7-6-12(9-11(13)3)14(15,16)17/h6-7,9-10H,4-5,8H2,1-3H3/q-1. The molecule has 1 aromatic rings. The monoisotopic (exact) mass is 259 g/mol. The SMILES string of the molecule is Cc1cc([B-](F)(F)F)ccc1OCCCC(C)C. The van der Waals surface area contributed by atoms with Gasteiger partial charge in [0.25, 0.3) is 0 Å². The predicted molar refractivity (Wildman–Crippen MR) is 69.5 cm³/mol. The largest absolute Gasteiger partial charge is 0.509 e. The maximum Gasteiger partial charge on any atom is 0.509 e. The third-order valence-corrected chi connectivity index (χ3v) is 2.76. The average molecular weight is 259 g/mol. The second-order valence-electron chi connectivity index (χ2n) is 4.98. The van der Waals surface area contributed by atoms with Crippen LogP contribution in [0.5, 0.6) is 5.75 Å². The molecular formula is C13H19BF3O-. The summed E-state index contributed by atoms with van der Waals surface area (Å²) < 4.78 is 43.0. The number of halogens is 3. The van der Waals surface area contributed by atoms with Crippen LogP contribution in [-0.2, 0) is 0 Å². The van der Waals surface area contributed by atoms with Gasteiger partial charge in [-0.2, -0.15) is 0 Å². The van der Waals surface area contributed by atoms with E-state index in [1.165, 1.54) is 6.07 Å². The molecular weight excluding hydrogens is 240 g/mol. The molecule has 0 aromatic heterocycles. The van der Waals surface area contributed by atoms with Gasteiger partial charge >= 0.3 is 6.98 Å². The zero-order valence-corrected chi connectivity index (χ0v) is 11.1. The number of hydrogen-bond acceptors (Lipinski definition) is 1. The summed E-state index contributed by atoms with van der Waals surface area (Å²) in [6, 6.07) is 3.65. The Morgan fingerprint density at radius 1 is 1.22 bits per heavy atom. The van der Waals surface area contributed by atoms with E-state index in [4.69, 9.17) is 4.74 Å². The number of aryl methyl sites for hydroxylation is 1. The first-order chi connectivity index (χ1) is 8.30. The van der Waals surface area contributed by atoms with Gasteiger partial charge in [-0.05, 0) is 37.3 Å². The third-order valence-electron chi connectivity index (χ3n) is 2.76. The van der Waals surface area contributed by atoms with E-state index in [2.05, 4.69) is 13.8 Å². The first kappa shape index (κ1) is 14.9. The Morgan fingerprint density at radius 3 is 2.39 bits per heavy atom. The topological polar surface area (TPSA) is 9.23 Å². The summed E-state index contributed by atoms with van der Waals surface area (Å²) in [6.07, 6.45) is 1.98. The molecule has 1 rings (SSSR count). The molecule has 0 atom stereocenters. The second-order valence-corrected chi connectivity index (χ2v) is 4.98. The van der Waals surface area contributed by atoms with Crippen LogP contribution in [0.4, 0.5) is 12.9 Å². The Morgan fingerprint density at radius 2 is 1.89 bits per heavy atom. The summed E-state index contributed by atoms with van der Waals surface area (Å²) >= 11 is 0. The van der Waals surface area contributed by atoms with Gasteiger partial charge in [0.1, 0.15) is 5.75 Å². The molecule has 0 saturated carbocycles. The molecule has 0 fully saturated rings. The fraction of sp³-hybridized carbons (Fsp3) is 0.538. The lowest BCUT2D eigenvalue weighted by Crippen LogP contribution is -2.34. The van der Waals surface area contributed by atoms with Crippen molar-refractivity contribution < 1.29 is 17.7 Å². The van der Waals surface area contributed by atoms with E-state index in [0.717, 1.165) is 25.0 Å². The lowest BCUT2D eigenvalue weighted by atomic mass is 9.79. The highest BCUT2D eigenvalue weighted by molar-refractivity contribution is 6.73. The van der Waals surface area contributed by atoms with Crippen LogP contribution in [0.1, 0.15) is 32.3 Å². The normalized spacial score (nSPS) is 11.9. The zero-order valence-electron chi connectivity index (χ0n) is 11.1. The summed E-state index contributed by atoms with van der Waals surface area (Å²) in [5.41, 5.74) is -0.0294. The van der Waals surface area contributed by atoms with Crippen LogP contribution in [0.15, 0.2) is 18.2 Å². The molecule has 0 N–H and O–H groups in total. The Bertz CT molecular complexity index is 388. The van der Waals surface area contributed by atoms with E-state index in [1.54, 1.807) is 6.92 Å². The smallest absolute Gasteiger partial charge is 0.493 e. The molecule has 102 valence electrons. The van der Waals surface area contributed by atoms with E-state index in [0.29, 0.717) is 23.8 Å². The van der Waals surface area contributed by atoms with Crippen LogP contribution in [0.3, 0.4) is 0 Å². The van der Waals surface area contributed by atoms with Gasteiger partial charge in [-0.1, -0.05) is 26.0 Å². The molecule has 5 heteroatoms. The molecule has 0 bridgehead atoms.